The Morgan fingerprint density at radius 3 is 2.29 bits per heavy atom. The first kappa shape index (κ1) is 11.5. The zero-order chi connectivity index (χ0) is 10.6. The van der Waals surface area contributed by atoms with Crippen molar-refractivity contribution in [3.63, 3.8) is 0 Å². The first-order valence-electron chi connectivity index (χ1n) is 5.78. The van der Waals surface area contributed by atoms with E-state index in [0.717, 1.165) is 5.92 Å². The summed E-state index contributed by atoms with van der Waals surface area (Å²) in [6.07, 6.45) is 6.78. The number of carbonyl (C=O) groups excluding carboxylic acids is 1. The maximum Gasteiger partial charge on any atom is 0.302 e. The van der Waals surface area contributed by atoms with Gasteiger partial charge in [-0.2, -0.15) is 0 Å². The average molecular weight is 198 g/mol. The van der Waals surface area contributed by atoms with Gasteiger partial charge in [0, 0.05) is 6.92 Å². The summed E-state index contributed by atoms with van der Waals surface area (Å²) in [5.41, 5.74) is 0. The third-order valence-corrected chi connectivity index (χ3v) is 3.49. The van der Waals surface area contributed by atoms with Crippen LogP contribution in [0.1, 0.15) is 52.9 Å². The number of rotatable bonds is 3. The number of hydrogen-bond acceptors (Lipinski definition) is 2. The van der Waals surface area contributed by atoms with E-state index >= 15 is 0 Å². The van der Waals surface area contributed by atoms with Gasteiger partial charge < -0.3 is 4.74 Å². The van der Waals surface area contributed by atoms with E-state index in [4.69, 9.17) is 4.74 Å². The molecule has 14 heavy (non-hydrogen) atoms. The van der Waals surface area contributed by atoms with Crippen LogP contribution in [0, 0.1) is 11.8 Å². The van der Waals surface area contributed by atoms with Crippen LogP contribution in [0.5, 0.6) is 0 Å². The normalized spacial score (nSPS) is 22.8. The standard InChI is InChI=1S/C12H22O2/c1-9(10(2)14-11(3)13)12-7-5-4-6-8-12/h9-10,12H,4-8H2,1-3H3/t9-,10-/m1/s1. The highest BCUT2D eigenvalue weighted by molar-refractivity contribution is 5.66. The van der Waals surface area contributed by atoms with Crippen molar-refractivity contribution in [1.82, 2.24) is 0 Å². The third kappa shape index (κ3) is 3.32. The van der Waals surface area contributed by atoms with Crippen LogP contribution in [0.25, 0.3) is 0 Å². The molecule has 0 aromatic rings. The third-order valence-electron chi connectivity index (χ3n) is 3.49. The fraction of sp³-hybridized carbons (Fsp3) is 0.917. The van der Waals surface area contributed by atoms with Crippen molar-refractivity contribution in [1.29, 1.82) is 0 Å². The molecule has 0 heterocycles. The molecule has 1 aliphatic rings. The lowest BCUT2D eigenvalue weighted by molar-refractivity contribution is -0.148. The molecule has 2 nitrogen and oxygen atoms in total. The monoisotopic (exact) mass is 198 g/mol. The molecule has 1 rings (SSSR count). The minimum Gasteiger partial charge on any atom is -0.463 e. The van der Waals surface area contributed by atoms with E-state index in [-0.39, 0.29) is 12.1 Å². The van der Waals surface area contributed by atoms with Gasteiger partial charge in [-0.1, -0.05) is 39.0 Å². The molecule has 0 aliphatic heterocycles. The Balaban J connectivity index is 2.37. The first-order chi connectivity index (χ1) is 6.61. The summed E-state index contributed by atoms with van der Waals surface area (Å²) in [7, 11) is 0. The lowest BCUT2D eigenvalue weighted by Crippen LogP contribution is -2.28. The van der Waals surface area contributed by atoms with Gasteiger partial charge in [-0.25, -0.2) is 0 Å². The molecular weight excluding hydrogens is 176 g/mol. The second kappa shape index (κ2) is 5.38. The molecule has 82 valence electrons. The lowest BCUT2D eigenvalue weighted by Gasteiger charge is -2.31. The SMILES string of the molecule is CC(=O)O[C@H](C)[C@@H](C)C1CCCCC1. The molecule has 1 aliphatic carbocycles. The molecule has 0 N–H and O–H groups in total. The van der Waals surface area contributed by atoms with Crippen molar-refractivity contribution in [2.75, 3.05) is 0 Å². The fourth-order valence-corrected chi connectivity index (χ4v) is 2.41. The number of ether oxygens (including phenoxy) is 1. The zero-order valence-corrected chi connectivity index (χ0v) is 9.58. The van der Waals surface area contributed by atoms with Crippen LogP contribution in [-0.2, 0) is 9.53 Å². The Morgan fingerprint density at radius 2 is 1.79 bits per heavy atom. The zero-order valence-electron chi connectivity index (χ0n) is 9.58. The summed E-state index contributed by atoms with van der Waals surface area (Å²) in [6.45, 7) is 5.72. The summed E-state index contributed by atoms with van der Waals surface area (Å²) in [5.74, 6) is 1.12. The minimum absolute atomic E-state index is 0.0793. The van der Waals surface area contributed by atoms with Gasteiger partial charge in [0.2, 0.25) is 0 Å². The maximum absolute atomic E-state index is 10.8. The molecule has 0 unspecified atom stereocenters. The van der Waals surface area contributed by atoms with Crippen molar-refractivity contribution in [2.45, 2.75) is 59.0 Å². The molecule has 0 amide bonds. The van der Waals surface area contributed by atoms with E-state index in [1.807, 2.05) is 6.92 Å². The van der Waals surface area contributed by atoms with Gasteiger partial charge in [-0.3, -0.25) is 4.79 Å². The molecule has 2 heteroatoms. The lowest BCUT2D eigenvalue weighted by atomic mass is 9.79. The topological polar surface area (TPSA) is 26.3 Å². The number of carbonyl (C=O) groups is 1. The Bertz CT molecular complexity index is 183. The Hall–Kier alpha value is -0.530. The summed E-state index contributed by atoms with van der Waals surface area (Å²) in [5, 5.41) is 0. The fourth-order valence-electron chi connectivity index (χ4n) is 2.41. The van der Waals surface area contributed by atoms with E-state index in [2.05, 4.69) is 6.92 Å². The highest BCUT2D eigenvalue weighted by Gasteiger charge is 2.25. The summed E-state index contributed by atoms with van der Waals surface area (Å²) >= 11 is 0. The first-order valence-corrected chi connectivity index (χ1v) is 5.78. The van der Waals surface area contributed by atoms with Crippen LogP contribution in [0.4, 0.5) is 0 Å². The van der Waals surface area contributed by atoms with Crippen LogP contribution in [0.3, 0.4) is 0 Å². The van der Waals surface area contributed by atoms with Gasteiger partial charge in [-0.05, 0) is 18.8 Å². The molecule has 1 saturated carbocycles. The van der Waals surface area contributed by atoms with Crippen LogP contribution in [0.15, 0.2) is 0 Å². The largest absolute Gasteiger partial charge is 0.463 e. The molecule has 1 fully saturated rings. The molecular formula is C12H22O2. The second-order valence-electron chi connectivity index (χ2n) is 4.57. The van der Waals surface area contributed by atoms with Crippen LogP contribution in [-0.4, -0.2) is 12.1 Å². The summed E-state index contributed by atoms with van der Waals surface area (Å²) < 4.78 is 5.23. The van der Waals surface area contributed by atoms with Crippen molar-refractivity contribution in [3.05, 3.63) is 0 Å². The van der Waals surface area contributed by atoms with Gasteiger partial charge >= 0.3 is 5.97 Å². The van der Waals surface area contributed by atoms with Gasteiger partial charge in [-0.15, -0.1) is 0 Å². The maximum atomic E-state index is 10.8. The highest BCUT2D eigenvalue weighted by Crippen LogP contribution is 2.32. The van der Waals surface area contributed by atoms with Gasteiger partial charge in [0.15, 0.2) is 0 Å². The molecule has 0 aromatic heterocycles. The number of esters is 1. The smallest absolute Gasteiger partial charge is 0.302 e. The van der Waals surface area contributed by atoms with Crippen LogP contribution in [0.2, 0.25) is 0 Å². The minimum atomic E-state index is -0.153. The molecule has 0 aromatic carbocycles. The van der Waals surface area contributed by atoms with Crippen LogP contribution >= 0.6 is 0 Å². The van der Waals surface area contributed by atoms with E-state index in [1.165, 1.54) is 39.0 Å². The molecule has 0 radical (unpaired) electrons. The van der Waals surface area contributed by atoms with Crippen LogP contribution < -0.4 is 0 Å². The van der Waals surface area contributed by atoms with Crippen molar-refractivity contribution in [3.8, 4) is 0 Å². The van der Waals surface area contributed by atoms with Crippen molar-refractivity contribution < 1.29 is 9.53 Å². The van der Waals surface area contributed by atoms with Gasteiger partial charge in [0.25, 0.3) is 0 Å². The highest BCUT2D eigenvalue weighted by atomic mass is 16.5. The van der Waals surface area contributed by atoms with E-state index in [9.17, 15) is 4.79 Å². The quantitative estimate of drug-likeness (QED) is 0.651. The second-order valence-corrected chi connectivity index (χ2v) is 4.57. The van der Waals surface area contributed by atoms with E-state index in [0.29, 0.717) is 5.92 Å². The summed E-state index contributed by atoms with van der Waals surface area (Å²) in [4.78, 5) is 10.8. The Morgan fingerprint density at radius 1 is 1.21 bits per heavy atom. The Labute approximate surface area is 87.0 Å². The number of hydrogen-bond donors (Lipinski definition) is 0. The molecule has 0 spiro atoms. The Kier molecular flexibility index (Phi) is 4.43. The van der Waals surface area contributed by atoms with E-state index in [1.54, 1.807) is 0 Å². The molecule has 0 bridgehead atoms. The van der Waals surface area contributed by atoms with Crippen molar-refractivity contribution in [2.24, 2.45) is 11.8 Å². The molecule has 2 atom stereocenters. The predicted molar refractivity (Wildman–Crippen MR) is 57.0 cm³/mol. The average Bonchev–Trinajstić information content (AvgIpc) is 2.17. The van der Waals surface area contributed by atoms with Gasteiger partial charge in [0.1, 0.15) is 6.10 Å². The van der Waals surface area contributed by atoms with Crippen molar-refractivity contribution >= 4 is 5.97 Å². The molecule has 0 saturated heterocycles. The summed E-state index contributed by atoms with van der Waals surface area (Å²) in [6, 6.07) is 0. The van der Waals surface area contributed by atoms with E-state index < -0.39 is 0 Å². The van der Waals surface area contributed by atoms with Gasteiger partial charge in [0.05, 0.1) is 0 Å². The predicted octanol–water partition coefficient (Wildman–Crippen LogP) is 3.15.